The second kappa shape index (κ2) is 9.78. The van der Waals surface area contributed by atoms with Crippen molar-refractivity contribution in [2.45, 2.75) is 33.2 Å². The number of carbonyl (C=O) groups is 2. The Hall–Kier alpha value is -4.25. The van der Waals surface area contributed by atoms with Crippen LogP contribution in [0.1, 0.15) is 50.6 Å². The van der Waals surface area contributed by atoms with E-state index >= 15 is 0 Å². The van der Waals surface area contributed by atoms with Crippen LogP contribution < -0.4 is 0 Å². The standard InChI is InChI=1S/C31H28N2O3/c1-20-15-21(2)30(22(3)16-20)31(35)36-19-29(34)33-28(24-10-5-4-6-11-24)18-27(32-33)26-14-13-23-9-7-8-12-25(23)17-26/h4-17,28H,18-19H2,1-3H3/t28-/m1/s1. The normalized spacial score (nSPS) is 15.1. The van der Waals surface area contributed by atoms with Crippen molar-refractivity contribution in [2.75, 3.05) is 6.61 Å². The predicted molar refractivity (Wildman–Crippen MR) is 142 cm³/mol. The third kappa shape index (κ3) is 4.65. The molecule has 1 aliphatic heterocycles. The summed E-state index contributed by atoms with van der Waals surface area (Å²) in [5.74, 6) is -0.844. The molecule has 0 N–H and O–H groups in total. The Morgan fingerprint density at radius 1 is 0.861 bits per heavy atom. The van der Waals surface area contributed by atoms with E-state index < -0.39 is 5.97 Å². The Balaban J connectivity index is 1.40. The first-order valence-corrected chi connectivity index (χ1v) is 12.1. The van der Waals surface area contributed by atoms with Crippen molar-refractivity contribution in [3.8, 4) is 0 Å². The number of benzene rings is 4. The Morgan fingerprint density at radius 3 is 2.25 bits per heavy atom. The molecule has 1 atom stereocenters. The van der Waals surface area contributed by atoms with Gasteiger partial charge in [-0.15, -0.1) is 0 Å². The molecular formula is C31H28N2O3. The number of carbonyl (C=O) groups excluding carboxylic acids is 2. The molecule has 4 aromatic rings. The van der Waals surface area contributed by atoms with Crippen molar-refractivity contribution in [3.05, 3.63) is 118 Å². The zero-order valence-corrected chi connectivity index (χ0v) is 20.7. The number of nitrogens with zero attached hydrogens (tertiary/aromatic N) is 2. The van der Waals surface area contributed by atoms with E-state index in [1.807, 2.05) is 81.4 Å². The molecule has 0 saturated carbocycles. The highest BCUT2D eigenvalue weighted by Gasteiger charge is 2.33. The third-order valence-corrected chi connectivity index (χ3v) is 6.64. The summed E-state index contributed by atoms with van der Waals surface area (Å²) in [6.07, 6.45) is 0.582. The summed E-state index contributed by atoms with van der Waals surface area (Å²) in [6, 6.07) is 27.9. The van der Waals surface area contributed by atoms with Crippen LogP contribution in [0.4, 0.5) is 0 Å². The molecule has 1 heterocycles. The summed E-state index contributed by atoms with van der Waals surface area (Å²) in [6.45, 7) is 5.37. The lowest BCUT2D eigenvalue weighted by molar-refractivity contribution is -0.136. The van der Waals surface area contributed by atoms with E-state index in [1.165, 1.54) is 5.01 Å². The molecule has 1 aliphatic rings. The minimum absolute atomic E-state index is 0.262. The number of rotatable bonds is 5. The largest absolute Gasteiger partial charge is 0.452 e. The van der Waals surface area contributed by atoms with E-state index in [2.05, 4.69) is 24.3 Å². The number of aryl methyl sites for hydroxylation is 3. The highest BCUT2D eigenvalue weighted by Crippen LogP contribution is 2.33. The molecule has 0 radical (unpaired) electrons. The van der Waals surface area contributed by atoms with Crippen LogP contribution in [0, 0.1) is 20.8 Å². The fourth-order valence-corrected chi connectivity index (χ4v) is 4.99. The first-order valence-electron chi connectivity index (χ1n) is 12.1. The molecule has 180 valence electrons. The predicted octanol–water partition coefficient (Wildman–Crippen LogP) is 6.30. The zero-order chi connectivity index (χ0) is 25.2. The van der Waals surface area contributed by atoms with Crippen LogP contribution in [0.15, 0.2) is 90.0 Å². The summed E-state index contributed by atoms with van der Waals surface area (Å²) in [5, 5.41) is 8.48. The second-order valence-corrected chi connectivity index (χ2v) is 9.33. The van der Waals surface area contributed by atoms with Gasteiger partial charge in [0.05, 0.1) is 17.3 Å². The van der Waals surface area contributed by atoms with Gasteiger partial charge in [-0.25, -0.2) is 9.80 Å². The summed E-state index contributed by atoms with van der Waals surface area (Å²) < 4.78 is 5.49. The lowest BCUT2D eigenvalue weighted by Crippen LogP contribution is -2.31. The fraction of sp³-hybridized carbons (Fsp3) is 0.194. The maximum atomic E-state index is 13.3. The van der Waals surface area contributed by atoms with Gasteiger partial charge in [0.1, 0.15) is 0 Å². The summed E-state index contributed by atoms with van der Waals surface area (Å²) in [4.78, 5) is 26.2. The minimum Gasteiger partial charge on any atom is -0.452 e. The fourth-order valence-electron chi connectivity index (χ4n) is 4.99. The molecule has 0 unspecified atom stereocenters. The molecule has 0 saturated heterocycles. The molecule has 5 rings (SSSR count). The maximum Gasteiger partial charge on any atom is 0.339 e. The van der Waals surface area contributed by atoms with Crippen molar-refractivity contribution in [1.82, 2.24) is 5.01 Å². The number of fused-ring (bicyclic) bond motifs is 1. The van der Waals surface area contributed by atoms with Gasteiger partial charge in [-0.2, -0.15) is 5.10 Å². The number of ether oxygens (including phenoxy) is 1. The molecule has 5 nitrogen and oxygen atoms in total. The summed E-state index contributed by atoms with van der Waals surface area (Å²) in [5.41, 5.74) is 6.06. The number of hydrogen-bond acceptors (Lipinski definition) is 4. The molecule has 0 fully saturated rings. The lowest BCUT2D eigenvalue weighted by Gasteiger charge is -2.22. The maximum absolute atomic E-state index is 13.3. The molecule has 0 aliphatic carbocycles. The van der Waals surface area contributed by atoms with Crippen molar-refractivity contribution >= 4 is 28.4 Å². The highest BCUT2D eigenvalue weighted by atomic mass is 16.5. The van der Waals surface area contributed by atoms with Gasteiger partial charge >= 0.3 is 5.97 Å². The number of esters is 1. The van der Waals surface area contributed by atoms with Crippen molar-refractivity contribution in [3.63, 3.8) is 0 Å². The van der Waals surface area contributed by atoms with Gasteiger partial charge in [0.2, 0.25) is 0 Å². The number of hydrazone groups is 1. The van der Waals surface area contributed by atoms with Crippen LogP contribution in [0.5, 0.6) is 0 Å². The second-order valence-electron chi connectivity index (χ2n) is 9.33. The smallest absolute Gasteiger partial charge is 0.339 e. The van der Waals surface area contributed by atoms with E-state index in [-0.39, 0.29) is 18.6 Å². The van der Waals surface area contributed by atoms with Crippen LogP contribution in [-0.2, 0) is 9.53 Å². The van der Waals surface area contributed by atoms with E-state index in [4.69, 9.17) is 9.84 Å². The van der Waals surface area contributed by atoms with E-state index in [1.54, 1.807) is 0 Å². The lowest BCUT2D eigenvalue weighted by atomic mass is 9.97. The van der Waals surface area contributed by atoms with E-state index in [0.717, 1.165) is 44.3 Å². The SMILES string of the molecule is Cc1cc(C)c(C(=O)OCC(=O)N2N=C(c3ccc4ccccc4c3)C[C@@H]2c2ccccc2)c(C)c1. The highest BCUT2D eigenvalue weighted by molar-refractivity contribution is 6.05. The Bertz CT molecular complexity index is 1470. The molecule has 5 heteroatoms. The molecule has 0 aromatic heterocycles. The molecular weight excluding hydrogens is 448 g/mol. The monoisotopic (exact) mass is 476 g/mol. The average Bonchev–Trinajstić information content (AvgIpc) is 3.33. The Morgan fingerprint density at radius 2 is 1.53 bits per heavy atom. The van der Waals surface area contributed by atoms with E-state index in [0.29, 0.717) is 12.0 Å². The third-order valence-electron chi connectivity index (χ3n) is 6.64. The van der Waals surface area contributed by atoms with Crippen LogP contribution >= 0.6 is 0 Å². The summed E-state index contributed by atoms with van der Waals surface area (Å²) in [7, 11) is 0. The van der Waals surface area contributed by atoms with Crippen molar-refractivity contribution in [2.24, 2.45) is 5.10 Å². The minimum atomic E-state index is -0.493. The Labute approximate surface area is 211 Å². The first kappa shape index (κ1) is 23.5. The topological polar surface area (TPSA) is 59.0 Å². The van der Waals surface area contributed by atoms with Crippen LogP contribution in [-0.4, -0.2) is 29.2 Å². The summed E-state index contributed by atoms with van der Waals surface area (Å²) >= 11 is 0. The van der Waals surface area contributed by atoms with Gasteiger partial charge in [-0.3, -0.25) is 4.79 Å². The first-order chi connectivity index (χ1) is 17.4. The van der Waals surface area contributed by atoms with Gasteiger partial charge in [-0.05, 0) is 59.9 Å². The molecule has 4 aromatic carbocycles. The quantitative estimate of drug-likeness (QED) is 0.318. The van der Waals surface area contributed by atoms with E-state index in [9.17, 15) is 9.59 Å². The molecule has 1 amide bonds. The number of amides is 1. The number of hydrogen-bond donors (Lipinski definition) is 0. The van der Waals surface area contributed by atoms with Gasteiger partial charge in [-0.1, -0.05) is 84.4 Å². The van der Waals surface area contributed by atoms with Crippen molar-refractivity contribution < 1.29 is 14.3 Å². The zero-order valence-electron chi connectivity index (χ0n) is 20.7. The molecule has 0 bridgehead atoms. The van der Waals surface area contributed by atoms with Gasteiger partial charge in [0, 0.05) is 6.42 Å². The van der Waals surface area contributed by atoms with Crippen LogP contribution in [0.25, 0.3) is 10.8 Å². The van der Waals surface area contributed by atoms with Crippen molar-refractivity contribution in [1.29, 1.82) is 0 Å². The Kier molecular flexibility index (Phi) is 6.38. The molecule has 0 spiro atoms. The van der Waals surface area contributed by atoms with Gasteiger partial charge in [0.25, 0.3) is 5.91 Å². The van der Waals surface area contributed by atoms with Gasteiger partial charge in [0.15, 0.2) is 6.61 Å². The van der Waals surface area contributed by atoms with Crippen LogP contribution in [0.3, 0.4) is 0 Å². The van der Waals surface area contributed by atoms with Crippen LogP contribution in [0.2, 0.25) is 0 Å². The van der Waals surface area contributed by atoms with Gasteiger partial charge < -0.3 is 4.74 Å². The average molecular weight is 477 g/mol. The molecule has 36 heavy (non-hydrogen) atoms.